The molecule has 2 aliphatic rings. The normalized spacial score (nSPS) is 31.1. The first-order valence-corrected chi connectivity index (χ1v) is 10.5. The van der Waals surface area contributed by atoms with Crippen LogP contribution in [-0.2, 0) is 0 Å². The summed E-state index contributed by atoms with van der Waals surface area (Å²) in [6.07, 6.45) is 17.1. The second kappa shape index (κ2) is 9.02. The summed E-state index contributed by atoms with van der Waals surface area (Å²) in [5.74, 6) is 3.57. The second-order valence-electron chi connectivity index (χ2n) is 8.44. The largest absolute Gasteiger partial charge is 0.207 e. The van der Waals surface area contributed by atoms with Crippen LogP contribution in [0.15, 0.2) is 24.3 Å². The van der Waals surface area contributed by atoms with E-state index < -0.39 is 0 Å². The Morgan fingerprint density at radius 2 is 1.38 bits per heavy atom. The van der Waals surface area contributed by atoms with Crippen LogP contribution >= 0.6 is 0 Å². The van der Waals surface area contributed by atoms with Crippen molar-refractivity contribution in [3.8, 4) is 0 Å². The maximum atomic E-state index is 13.1. The first-order chi connectivity index (χ1) is 11.8. The molecule has 0 aromatic heterocycles. The van der Waals surface area contributed by atoms with Crippen molar-refractivity contribution < 1.29 is 4.39 Å². The molecule has 0 heterocycles. The second-order valence-corrected chi connectivity index (χ2v) is 8.44. The van der Waals surface area contributed by atoms with Gasteiger partial charge < -0.3 is 0 Å². The fourth-order valence-corrected chi connectivity index (χ4v) is 5.29. The third-order valence-corrected chi connectivity index (χ3v) is 6.89. The molecule has 2 fully saturated rings. The molecule has 0 amide bonds. The average Bonchev–Trinajstić information content (AvgIpc) is 2.63. The SMILES string of the molecule is CCCCC[C@H]1CC[C@H](C2CCC(c3ccc(F)cc3)CC2)CC1. The topological polar surface area (TPSA) is 0 Å². The van der Waals surface area contributed by atoms with E-state index in [1.54, 1.807) is 12.1 Å². The summed E-state index contributed by atoms with van der Waals surface area (Å²) < 4.78 is 13.1. The van der Waals surface area contributed by atoms with E-state index in [1.807, 2.05) is 12.1 Å². The van der Waals surface area contributed by atoms with E-state index in [0.717, 1.165) is 17.8 Å². The molecule has 1 aromatic rings. The van der Waals surface area contributed by atoms with Gasteiger partial charge in [-0.2, -0.15) is 0 Å². The van der Waals surface area contributed by atoms with E-state index in [2.05, 4.69) is 6.92 Å². The van der Waals surface area contributed by atoms with Gasteiger partial charge in [-0.05, 0) is 79.9 Å². The Morgan fingerprint density at radius 1 is 0.792 bits per heavy atom. The fraction of sp³-hybridized carbons (Fsp3) is 0.739. The number of benzene rings is 1. The number of halogens is 1. The van der Waals surface area contributed by atoms with Crippen LogP contribution in [0, 0.1) is 23.6 Å². The molecule has 0 nitrogen and oxygen atoms in total. The van der Waals surface area contributed by atoms with Crippen molar-refractivity contribution in [3.05, 3.63) is 35.6 Å². The van der Waals surface area contributed by atoms with Crippen molar-refractivity contribution in [2.75, 3.05) is 0 Å². The summed E-state index contributed by atoms with van der Waals surface area (Å²) in [7, 11) is 0. The number of hydrogen-bond acceptors (Lipinski definition) is 0. The van der Waals surface area contributed by atoms with E-state index in [0.29, 0.717) is 5.92 Å². The molecule has 0 saturated heterocycles. The van der Waals surface area contributed by atoms with Crippen molar-refractivity contribution in [3.63, 3.8) is 0 Å². The summed E-state index contributed by atoms with van der Waals surface area (Å²) >= 11 is 0. The molecule has 0 radical (unpaired) electrons. The van der Waals surface area contributed by atoms with E-state index in [-0.39, 0.29) is 5.82 Å². The third kappa shape index (κ3) is 4.83. The zero-order valence-corrected chi connectivity index (χ0v) is 15.5. The summed E-state index contributed by atoms with van der Waals surface area (Å²) in [6.45, 7) is 2.30. The Hall–Kier alpha value is -0.850. The Bertz CT molecular complexity index is 461. The first kappa shape index (κ1) is 18.0. The lowest BCUT2D eigenvalue weighted by Crippen LogP contribution is -2.25. The van der Waals surface area contributed by atoms with Crippen LogP contribution in [0.2, 0.25) is 0 Å². The minimum absolute atomic E-state index is 0.108. The monoisotopic (exact) mass is 330 g/mol. The van der Waals surface area contributed by atoms with Crippen molar-refractivity contribution in [2.24, 2.45) is 17.8 Å². The molecular formula is C23H35F. The van der Waals surface area contributed by atoms with E-state index in [4.69, 9.17) is 0 Å². The molecule has 0 aliphatic heterocycles. The summed E-state index contributed by atoms with van der Waals surface area (Å²) in [5, 5.41) is 0. The fourth-order valence-electron chi connectivity index (χ4n) is 5.29. The third-order valence-electron chi connectivity index (χ3n) is 6.89. The van der Waals surface area contributed by atoms with Gasteiger partial charge in [0, 0.05) is 0 Å². The highest BCUT2D eigenvalue weighted by molar-refractivity contribution is 5.20. The van der Waals surface area contributed by atoms with Crippen LogP contribution in [0.1, 0.15) is 95.5 Å². The maximum absolute atomic E-state index is 13.1. The lowest BCUT2D eigenvalue weighted by molar-refractivity contribution is 0.155. The van der Waals surface area contributed by atoms with Crippen molar-refractivity contribution >= 4 is 0 Å². The van der Waals surface area contributed by atoms with Crippen LogP contribution in [0.5, 0.6) is 0 Å². The van der Waals surface area contributed by atoms with Crippen LogP contribution in [0.3, 0.4) is 0 Å². The molecule has 0 spiro atoms. The molecule has 3 rings (SSSR count). The number of unbranched alkanes of at least 4 members (excludes halogenated alkanes) is 2. The van der Waals surface area contributed by atoms with Gasteiger partial charge in [0.05, 0.1) is 0 Å². The Kier molecular flexibility index (Phi) is 6.75. The van der Waals surface area contributed by atoms with E-state index >= 15 is 0 Å². The lowest BCUT2D eigenvalue weighted by atomic mass is 9.68. The highest BCUT2D eigenvalue weighted by Gasteiger charge is 2.31. The number of rotatable bonds is 6. The highest BCUT2D eigenvalue weighted by Crippen LogP contribution is 2.44. The summed E-state index contributed by atoms with van der Waals surface area (Å²) in [4.78, 5) is 0. The smallest absolute Gasteiger partial charge is 0.123 e. The van der Waals surface area contributed by atoms with Gasteiger partial charge in [0.25, 0.3) is 0 Å². The standard InChI is InChI=1S/C23H35F/c1-2-3-4-5-18-6-8-19(9-7-18)20-10-12-21(13-11-20)22-14-16-23(24)17-15-22/h14-21H,2-13H2,1H3/t18-,19-,20?,21?. The molecule has 0 unspecified atom stereocenters. The zero-order chi connectivity index (χ0) is 16.8. The first-order valence-electron chi connectivity index (χ1n) is 10.5. The molecule has 1 aromatic carbocycles. The highest BCUT2D eigenvalue weighted by atomic mass is 19.1. The van der Waals surface area contributed by atoms with Crippen molar-refractivity contribution in [1.82, 2.24) is 0 Å². The minimum atomic E-state index is -0.108. The molecule has 2 aliphatic carbocycles. The molecular weight excluding hydrogens is 295 g/mol. The zero-order valence-electron chi connectivity index (χ0n) is 15.5. The van der Waals surface area contributed by atoms with Crippen molar-refractivity contribution in [1.29, 1.82) is 0 Å². The predicted octanol–water partition coefficient (Wildman–Crippen LogP) is 7.49. The van der Waals surface area contributed by atoms with Crippen LogP contribution < -0.4 is 0 Å². The Morgan fingerprint density at radius 3 is 1.96 bits per heavy atom. The maximum Gasteiger partial charge on any atom is 0.123 e. The van der Waals surface area contributed by atoms with Crippen LogP contribution in [0.4, 0.5) is 4.39 Å². The van der Waals surface area contributed by atoms with Gasteiger partial charge in [0.15, 0.2) is 0 Å². The molecule has 0 N–H and O–H groups in total. The summed E-state index contributed by atoms with van der Waals surface area (Å²) in [5.41, 5.74) is 1.36. The molecule has 0 atom stereocenters. The van der Waals surface area contributed by atoms with E-state index in [1.165, 1.54) is 82.6 Å². The van der Waals surface area contributed by atoms with Gasteiger partial charge in [-0.3, -0.25) is 0 Å². The van der Waals surface area contributed by atoms with Crippen LogP contribution in [-0.4, -0.2) is 0 Å². The Labute approximate surface area is 148 Å². The molecule has 134 valence electrons. The average molecular weight is 331 g/mol. The summed E-state index contributed by atoms with van der Waals surface area (Å²) in [6, 6.07) is 7.26. The molecule has 1 heteroatoms. The Balaban J connectivity index is 1.40. The van der Waals surface area contributed by atoms with Gasteiger partial charge in [-0.1, -0.05) is 57.6 Å². The van der Waals surface area contributed by atoms with Crippen LogP contribution in [0.25, 0.3) is 0 Å². The lowest BCUT2D eigenvalue weighted by Gasteiger charge is -2.38. The van der Waals surface area contributed by atoms with Gasteiger partial charge in [0.1, 0.15) is 5.82 Å². The van der Waals surface area contributed by atoms with Crippen molar-refractivity contribution in [2.45, 2.75) is 89.9 Å². The molecule has 2 saturated carbocycles. The van der Waals surface area contributed by atoms with Gasteiger partial charge in [-0.25, -0.2) is 4.39 Å². The van der Waals surface area contributed by atoms with Gasteiger partial charge in [-0.15, -0.1) is 0 Å². The molecule has 24 heavy (non-hydrogen) atoms. The quantitative estimate of drug-likeness (QED) is 0.474. The minimum Gasteiger partial charge on any atom is -0.207 e. The van der Waals surface area contributed by atoms with Gasteiger partial charge >= 0.3 is 0 Å². The molecule has 0 bridgehead atoms. The predicted molar refractivity (Wildman–Crippen MR) is 101 cm³/mol. The van der Waals surface area contributed by atoms with E-state index in [9.17, 15) is 4.39 Å². The number of hydrogen-bond donors (Lipinski definition) is 0. The van der Waals surface area contributed by atoms with Gasteiger partial charge in [0.2, 0.25) is 0 Å².